The van der Waals surface area contributed by atoms with Gasteiger partial charge in [0, 0.05) is 6.08 Å². The summed E-state index contributed by atoms with van der Waals surface area (Å²) < 4.78 is 5.48. The van der Waals surface area contributed by atoms with Crippen LogP contribution in [-0.4, -0.2) is 5.91 Å². The van der Waals surface area contributed by atoms with Crippen LogP contribution in [0.2, 0.25) is 0 Å². The van der Waals surface area contributed by atoms with Crippen LogP contribution in [0.15, 0.2) is 70.1 Å². The molecule has 3 aromatic rings. The van der Waals surface area contributed by atoms with Crippen molar-refractivity contribution in [3.63, 3.8) is 0 Å². The van der Waals surface area contributed by atoms with Crippen LogP contribution in [-0.2, 0) is 4.79 Å². The summed E-state index contributed by atoms with van der Waals surface area (Å²) in [5, 5.41) is 3.39. The molecule has 0 aliphatic heterocycles. The Morgan fingerprint density at radius 1 is 1.16 bits per heavy atom. The molecule has 4 heteroatoms. The van der Waals surface area contributed by atoms with E-state index in [2.05, 4.69) is 5.32 Å². The van der Waals surface area contributed by atoms with Crippen LogP contribution < -0.4 is 10.7 Å². The number of amides is 1. The average molecular weight is 333 g/mol. The highest BCUT2D eigenvalue weighted by Gasteiger charge is 2.08. The molecule has 0 saturated carbocycles. The van der Waals surface area contributed by atoms with Gasteiger partial charge in [-0.3, -0.25) is 9.59 Å². The molecule has 1 aromatic heterocycles. The minimum atomic E-state index is -0.264. The van der Waals surface area contributed by atoms with Gasteiger partial charge < -0.3 is 9.73 Å². The number of hydrogen-bond donors (Lipinski definition) is 1. The Labute approximate surface area is 145 Å². The van der Waals surface area contributed by atoms with Crippen molar-refractivity contribution in [2.75, 3.05) is 0 Å². The molecule has 0 radical (unpaired) electrons. The number of carbonyl (C=O) groups excluding carboxylic acids is 1. The molecule has 0 bridgehead atoms. The van der Waals surface area contributed by atoms with Crippen molar-refractivity contribution in [3.8, 4) is 0 Å². The molecular formula is C21H19NO3. The van der Waals surface area contributed by atoms with Crippen LogP contribution in [0, 0.1) is 6.92 Å². The summed E-state index contributed by atoms with van der Waals surface area (Å²) in [5.74, 6) is -0.264. The lowest BCUT2D eigenvalue weighted by Crippen LogP contribution is -2.24. The lowest BCUT2D eigenvalue weighted by Gasteiger charge is -2.12. The molecule has 4 nitrogen and oxygen atoms in total. The van der Waals surface area contributed by atoms with Gasteiger partial charge in [0.1, 0.15) is 11.8 Å². The number of aryl methyl sites for hydroxylation is 1. The highest BCUT2D eigenvalue weighted by Crippen LogP contribution is 2.14. The first-order valence-corrected chi connectivity index (χ1v) is 8.10. The summed E-state index contributed by atoms with van der Waals surface area (Å²) >= 11 is 0. The highest BCUT2D eigenvalue weighted by atomic mass is 16.3. The van der Waals surface area contributed by atoms with E-state index in [-0.39, 0.29) is 17.4 Å². The molecule has 1 unspecified atom stereocenters. The molecule has 1 N–H and O–H groups in total. The Bertz CT molecular complexity index is 987. The molecule has 0 saturated heterocycles. The Balaban J connectivity index is 1.77. The zero-order valence-corrected chi connectivity index (χ0v) is 14.2. The summed E-state index contributed by atoms with van der Waals surface area (Å²) in [6.45, 7) is 3.83. The van der Waals surface area contributed by atoms with Crippen LogP contribution in [0.1, 0.15) is 29.7 Å². The van der Waals surface area contributed by atoms with Gasteiger partial charge in [-0.15, -0.1) is 0 Å². The standard InChI is InChI=1S/C21H19NO3/c1-14-8-10-19-18(12-14)21(24)17(13-25-19)9-11-20(23)22-15(2)16-6-4-3-5-7-16/h3-13,15H,1-2H3,(H,22,23)/b11-9+. The van der Waals surface area contributed by atoms with Crippen LogP contribution in [0.3, 0.4) is 0 Å². The van der Waals surface area contributed by atoms with Crippen LogP contribution >= 0.6 is 0 Å². The number of carbonyl (C=O) groups is 1. The number of rotatable bonds is 4. The smallest absolute Gasteiger partial charge is 0.244 e. The Morgan fingerprint density at radius 2 is 1.92 bits per heavy atom. The third-order valence-electron chi connectivity index (χ3n) is 4.03. The summed E-state index contributed by atoms with van der Waals surface area (Å²) in [4.78, 5) is 24.6. The van der Waals surface area contributed by atoms with Gasteiger partial charge in [-0.2, -0.15) is 0 Å². The predicted octanol–water partition coefficient (Wildman–Crippen LogP) is 3.99. The van der Waals surface area contributed by atoms with E-state index >= 15 is 0 Å². The monoisotopic (exact) mass is 333 g/mol. The quantitative estimate of drug-likeness (QED) is 0.734. The Morgan fingerprint density at radius 3 is 2.68 bits per heavy atom. The third-order valence-corrected chi connectivity index (χ3v) is 4.03. The third kappa shape index (κ3) is 3.86. The average Bonchev–Trinajstić information content (AvgIpc) is 2.62. The van der Waals surface area contributed by atoms with Gasteiger partial charge >= 0.3 is 0 Å². The molecule has 0 aliphatic carbocycles. The largest absolute Gasteiger partial charge is 0.463 e. The fourth-order valence-electron chi connectivity index (χ4n) is 2.63. The van der Waals surface area contributed by atoms with Gasteiger partial charge in [0.2, 0.25) is 5.91 Å². The number of nitrogens with one attached hydrogen (secondary N) is 1. The maximum absolute atomic E-state index is 12.5. The molecule has 3 rings (SSSR count). The van der Waals surface area contributed by atoms with E-state index < -0.39 is 0 Å². The molecule has 25 heavy (non-hydrogen) atoms. The topological polar surface area (TPSA) is 59.3 Å². The van der Waals surface area contributed by atoms with Gasteiger partial charge in [0.15, 0.2) is 5.43 Å². The summed E-state index contributed by atoms with van der Waals surface area (Å²) in [6, 6.07) is 15.0. The second kappa shape index (κ2) is 7.18. The second-order valence-corrected chi connectivity index (χ2v) is 5.99. The van der Waals surface area contributed by atoms with E-state index in [1.54, 1.807) is 12.1 Å². The summed E-state index contributed by atoms with van der Waals surface area (Å²) in [5.41, 5.74) is 2.74. The lowest BCUT2D eigenvalue weighted by molar-refractivity contribution is -0.117. The van der Waals surface area contributed by atoms with Gasteiger partial charge in [0.25, 0.3) is 0 Å². The van der Waals surface area contributed by atoms with E-state index in [4.69, 9.17) is 4.42 Å². The van der Waals surface area contributed by atoms with Crippen molar-refractivity contribution >= 4 is 23.0 Å². The van der Waals surface area contributed by atoms with E-state index in [1.807, 2.05) is 50.2 Å². The van der Waals surface area contributed by atoms with Gasteiger partial charge in [0.05, 0.1) is 17.0 Å². The van der Waals surface area contributed by atoms with E-state index in [0.717, 1.165) is 11.1 Å². The highest BCUT2D eigenvalue weighted by molar-refractivity contribution is 5.92. The van der Waals surface area contributed by atoms with Gasteiger partial charge in [-0.1, -0.05) is 42.0 Å². The molecule has 126 valence electrons. The molecule has 0 spiro atoms. The zero-order valence-electron chi connectivity index (χ0n) is 14.2. The van der Waals surface area contributed by atoms with E-state index in [0.29, 0.717) is 16.5 Å². The lowest BCUT2D eigenvalue weighted by atomic mass is 10.1. The minimum Gasteiger partial charge on any atom is -0.463 e. The molecule has 1 atom stereocenters. The van der Waals surface area contributed by atoms with Crippen LogP contribution in [0.25, 0.3) is 17.0 Å². The normalized spacial score (nSPS) is 12.4. The fourth-order valence-corrected chi connectivity index (χ4v) is 2.63. The van der Waals surface area contributed by atoms with Crippen molar-refractivity contribution in [2.24, 2.45) is 0 Å². The van der Waals surface area contributed by atoms with Crippen molar-refractivity contribution in [3.05, 3.63) is 87.8 Å². The fraction of sp³-hybridized carbons (Fsp3) is 0.143. The van der Waals surface area contributed by atoms with Crippen LogP contribution in [0.5, 0.6) is 0 Å². The minimum absolute atomic E-state index is 0.117. The van der Waals surface area contributed by atoms with Crippen LogP contribution in [0.4, 0.5) is 0 Å². The first-order valence-electron chi connectivity index (χ1n) is 8.10. The predicted molar refractivity (Wildman–Crippen MR) is 99.3 cm³/mol. The second-order valence-electron chi connectivity index (χ2n) is 5.99. The van der Waals surface area contributed by atoms with Crippen molar-refractivity contribution in [1.29, 1.82) is 0 Å². The number of hydrogen-bond acceptors (Lipinski definition) is 3. The van der Waals surface area contributed by atoms with Gasteiger partial charge in [-0.05, 0) is 37.6 Å². The number of fused-ring (bicyclic) bond motifs is 1. The molecule has 1 amide bonds. The molecule has 0 fully saturated rings. The van der Waals surface area contributed by atoms with Crippen molar-refractivity contribution in [2.45, 2.75) is 19.9 Å². The summed E-state index contributed by atoms with van der Waals surface area (Å²) in [6.07, 6.45) is 4.22. The molecule has 0 aliphatic rings. The first kappa shape index (κ1) is 16.7. The number of benzene rings is 2. The SMILES string of the molecule is Cc1ccc2occ(/C=C/C(=O)NC(C)c3ccccc3)c(=O)c2c1. The van der Waals surface area contributed by atoms with Crippen molar-refractivity contribution in [1.82, 2.24) is 5.32 Å². The molecular weight excluding hydrogens is 314 g/mol. The molecule has 1 heterocycles. The maximum atomic E-state index is 12.5. The van der Waals surface area contributed by atoms with Gasteiger partial charge in [-0.25, -0.2) is 0 Å². The van der Waals surface area contributed by atoms with E-state index in [1.165, 1.54) is 18.4 Å². The zero-order chi connectivity index (χ0) is 17.8. The first-order chi connectivity index (χ1) is 12.0. The Kier molecular flexibility index (Phi) is 4.80. The summed E-state index contributed by atoms with van der Waals surface area (Å²) in [7, 11) is 0. The molecule has 2 aromatic carbocycles. The Hall–Kier alpha value is -3.14. The van der Waals surface area contributed by atoms with Crippen molar-refractivity contribution < 1.29 is 9.21 Å². The maximum Gasteiger partial charge on any atom is 0.244 e. The van der Waals surface area contributed by atoms with E-state index in [9.17, 15) is 9.59 Å².